The van der Waals surface area contributed by atoms with Gasteiger partial charge in [0.2, 0.25) is 0 Å². The average molecular weight is 517 g/mol. The molecule has 0 aliphatic carbocycles. The van der Waals surface area contributed by atoms with Gasteiger partial charge >= 0.3 is 0 Å². The third kappa shape index (κ3) is 6.97. The van der Waals surface area contributed by atoms with Crippen LogP contribution in [0.25, 0.3) is 0 Å². The van der Waals surface area contributed by atoms with Crippen LogP contribution in [0, 0.1) is 0 Å². The first-order chi connectivity index (χ1) is 13.1. The average Bonchev–Trinajstić information content (AvgIpc) is 2.71. The van der Waals surface area contributed by atoms with Crippen molar-refractivity contribution < 1.29 is 13.7 Å². The van der Waals surface area contributed by atoms with E-state index in [2.05, 4.69) is 10.3 Å². The molecular formula is C20H28IN3O3S. The molecule has 0 fully saturated rings. The van der Waals surface area contributed by atoms with Crippen LogP contribution in [0.3, 0.4) is 0 Å². The van der Waals surface area contributed by atoms with Crippen LogP contribution in [0.5, 0.6) is 11.5 Å². The Hall–Kier alpha value is -1.81. The fourth-order valence-corrected chi connectivity index (χ4v) is 3.63. The predicted octanol–water partition coefficient (Wildman–Crippen LogP) is 3.14. The Morgan fingerprint density at radius 2 is 1.86 bits per heavy atom. The lowest BCUT2D eigenvalue weighted by atomic mass is 10.2. The zero-order chi connectivity index (χ0) is 19.6. The minimum absolute atomic E-state index is 0. The van der Waals surface area contributed by atoms with Crippen LogP contribution in [0.1, 0.15) is 5.56 Å². The number of guanidine groups is 1. The molecule has 0 amide bonds. The van der Waals surface area contributed by atoms with Gasteiger partial charge in [-0.25, -0.2) is 0 Å². The first kappa shape index (κ1) is 24.2. The van der Waals surface area contributed by atoms with E-state index in [0.717, 1.165) is 27.9 Å². The molecule has 1 atom stereocenters. The van der Waals surface area contributed by atoms with E-state index in [-0.39, 0.29) is 24.0 Å². The molecule has 154 valence electrons. The zero-order valence-corrected chi connectivity index (χ0v) is 19.8. The summed E-state index contributed by atoms with van der Waals surface area (Å²) in [6, 6.07) is 15.2. The second kappa shape index (κ2) is 12.6. The molecule has 1 N–H and O–H groups in total. The van der Waals surface area contributed by atoms with Gasteiger partial charge < -0.3 is 19.7 Å². The Labute approximate surface area is 186 Å². The number of benzene rings is 2. The molecule has 0 aliphatic heterocycles. The first-order valence-electron chi connectivity index (χ1n) is 8.65. The molecule has 0 spiro atoms. The van der Waals surface area contributed by atoms with E-state index < -0.39 is 10.8 Å². The van der Waals surface area contributed by atoms with E-state index in [4.69, 9.17) is 9.47 Å². The monoisotopic (exact) mass is 517 g/mol. The Morgan fingerprint density at radius 3 is 2.46 bits per heavy atom. The van der Waals surface area contributed by atoms with E-state index in [1.165, 1.54) is 0 Å². The van der Waals surface area contributed by atoms with Crippen LogP contribution >= 0.6 is 24.0 Å². The lowest BCUT2D eigenvalue weighted by molar-refractivity contribution is 0.382. The summed E-state index contributed by atoms with van der Waals surface area (Å²) in [6.45, 7) is 1.19. The maximum atomic E-state index is 12.3. The highest BCUT2D eigenvalue weighted by Crippen LogP contribution is 2.25. The molecule has 6 nitrogen and oxygen atoms in total. The third-order valence-electron chi connectivity index (χ3n) is 4.05. The minimum atomic E-state index is -1.03. The van der Waals surface area contributed by atoms with E-state index in [1.54, 1.807) is 21.3 Å². The van der Waals surface area contributed by atoms with Crippen LogP contribution in [0.4, 0.5) is 0 Å². The van der Waals surface area contributed by atoms with E-state index in [1.807, 2.05) is 60.5 Å². The van der Waals surface area contributed by atoms with Crippen molar-refractivity contribution in [1.29, 1.82) is 0 Å². The van der Waals surface area contributed by atoms with E-state index in [9.17, 15) is 4.21 Å². The summed E-state index contributed by atoms with van der Waals surface area (Å²) in [5.74, 6) is 2.77. The second-order valence-electron chi connectivity index (χ2n) is 5.87. The van der Waals surface area contributed by atoms with Crippen molar-refractivity contribution in [2.45, 2.75) is 11.4 Å². The van der Waals surface area contributed by atoms with Gasteiger partial charge in [0.15, 0.2) is 5.96 Å². The molecule has 8 heteroatoms. The van der Waals surface area contributed by atoms with E-state index in [0.29, 0.717) is 18.8 Å². The SMILES string of the molecule is CN=C(NCCS(=O)c1ccccc1)N(C)Cc1ccc(OC)cc1OC.I. The molecular weight excluding hydrogens is 489 g/mol. The quantitative estimate of drug-likeness (QED) is 0.331. The van der Waals surface area contributed by atoms with Crippen molar-refractivity contribution in [3.8, 4) is 11.5 Å². The smallest absolute Gasteiger partial charge is 0.193 e. The molecule has 0 bridgehead atoms. The molecule has 1 unspecified atom stereocenters. The molecule has 0 saturated heterocycles. The van der Waals surface area contributed by atoms with Crippen LogP contribution in [-0.2, 0) is 17.3 Å². The number of halogens is 1. The van der Waals surface area contributed by atoms with Crippen LogP contribution in [0.2, 0.25) is 0 Å². The lowest BCUT2D eigenvalue weighted by Gasteiger charge is -2.23. The van der Waals surface area contributed by atoms with Gasteiger partial charge in [-0.2, -0.15) is 0 Å². The maximum absolute atomic E-state index is 12.3. The fraction of sp³-hybridized carbons (Fsp3) is 0.350. The number of ether oxygens (including phenoxy) is 2. The van der Waals surface area contributed by atoms with Gasteiger partial charge in [-0.15, -0.1) is 24.0 Å². The number of nitrogens with one attached hydrogen (secondary N) is 1. The van der Waals surface area contributed by atoms with Crippen molar-refractivity contribution in [2.24, 2.45) is 4.99 Å². The number of hydrogen-bond donors (Lipinski definition) is 1. The summed E-state index contributed by atoms with van der Waals surface area (Å²) in [5.41, 5.74) is 1.02. The number of hydrogen-bond acceptors (Lipinski definition) is 4. The van der Waals surface area contributed by atoms with Gasteiger partial charge in [0.25, 0.3) is 0 Å². The summed E-state index contributed by atoms with van der Waals surface area (Å²) in [4.78, 5) is 7.14. The fourth-order valence-electron chi connectivity index (χ4n) is 2.64. The highest BCUT2D eigenvalue weighted by molar-refractivity contribution is 14.0. The molecule has 2 rings (SSSR count). The highest BCUT2D eigenvalue weighted by atomic mass is 127. The number of rotatable bonds is 8. The van der Waals surface area contributed by atoms with Gasteiger partial charge in [-0.3, -0.25) is 9.20 Å². The normalized spacial score (nSPS) is 11.9. The summed E-state index contributed by atoms with van der Waals surface area (Å²) in [7, 11) is 5.93. The zero-order valence-electron chi connectivity index (χ0n) is 16.7. The van der Waals surface area contributed by atoms with Crippen LogP contribution < -0.4 is 14.8 Å². The molecule has 0 aromatic heterocycles. The van der Waals surface area contributed by atoms with E-state index >= 15 is 0 Å². The van der Waals surface area contributed by atoms with Crippen molar-refractivity contribution in [2.75, 3.05) is 40.6 Å². The summed E-state index contributed by atoms with van der Waals surface area (Å²) >= 11 is 0. The standard InChI is InChI=1S/C20H27N3O3S.HI/c1-21-20(22-12-13-27(24)18-8-6-5-7-9-18)23(2)15-16-10-11-17(25-3)14-19(16)26-4;/h5-11,14H,12-13,15H2,1-4H3,(H,21,22);1H. The van der Waals surface area contributed by atoms with Gasteiger partial charge in [-0.05, 0) is 24.3 Å². The molecule has 0 radical (unpaired) electrons. The van der Waals surface area contributed by atoms with Crippen molar-refractivity contribution >= 4 is 40.7 Å². The molecule has 0 saturated carbocycles. The summed E-state index contributed by atoms with van der Waals surface area (Å²) in [6.07, 6.45) is 0. The molecule has 2 aromatic carbocycles. The Bertz CT molecular complexity index is 788. The van der Waals surface area contributed by atoms with Crippen molar-refractivity contribution in [3.63, 3.8) is 0 Å². The van der Waals surface area contributed by atoms with Crippen LogP contribution in [0.15, 0.2) is 58.4 Å². The summed E-state index contributed by atoms with van der Waals surface area (Å²) in [5, 5.41) is 3.27. The summed E-state index contributed by atoms with van der Waals surface area (Å²) < 4.78 is 23.0. The second-order valence-corrected chi connectivity index (χ2v) is 7.44. The Balaban J connectivity index is 0.00000392. The minimum Gasteiger partial charge on any atom is -0.497 e. The topological polar surface area (TPSA) is 63.2 Å². The van der Waals surface area contributed by atoms with Crippen molar-refractivity contribution in [3.05, 3.63) is 54.1 Å². The molecule has 2 aromatic rings. The van der Waals surface area contributed by atoms with Gasteiger partial charge in [0, 0.05) is 49.5 Å². The molecule has 0 aliphatic rings. The lowest BCUT2D eigenvalue weighted by Crippen LogP contribution is -2.40. The Kier molecular flexibility index (Phi) is 10.9. The number of aliphatic imine (C=N–C) groups is 1. The first-order valence-corrected chi connectivity index (χ1v) is 9.97. The predicted molar refractivity (Wildman–Crippen MR) is 126 cm³/mol. The van der Waals surface area contributed by atoms with Gasteiger partial charge in [0.05, 0.1) is 25.0 Å². The molecule has 0 heterocycles. The largest absolute Gasteiger partial charge is 0.497 e. The van der Waals surface area contributed by atoms with Gasteiger partial charge in [-0.1, -0.05) is 18.2 Å². The van der Waals surface area contributed by atoms with Crippen molar-refractivity contribution in [1.82, 2.24) is 10.2 Å². The van der Waals surface area contributed by atoms with Crippen LogP contribution in [-0.4, -0.2) is 55.7 Å². The number of methoxy groups -OCH3 is 2. The third-order valence-corrected chi connectivity index (χ3v) is 5.42. The highest BCUT2D eigenvalue weighted by Gasteiger charge is 2.12. The molecule has 28 heavy (non-hydrogen) atoms. The number of nitrogens with zero attached hydrogens (tertiary/aromatic N) is 2. The Morgan fingerprint density at radius 1 is 1.14 bits per heavy atom. The maximum Gasteiger partial charge on any atom is 0.193 e. The van der Waals surface area contributed by atoms with Gasteiger partial charge in [0.1, 0.15) is 11.5 Å².